The number of aliphatic hydroxyl groups is 2. The number of hydrogen-bond donors (Lipinski definition) is 5. The highest BCUT2D eigenvalue weighted by Gasteiger charge is 2.29. The number of ether oxygens (including phenoxy) is 3. The number of aromatic nitrogens is 2. The molecule has 5 aromatic rings. The molecular weight excluding hydrogens is 802 g/mol. The van der Waals surface area contributed by atoms with Gasteiger partial charge in [-0.15, -0.1) is 0 Å². The molecule has 0 fully saturated rings. The summed E-state index contributed by atoms with van der Waals surface area (Å²) in [6, 6.07) is 25.6. The van der Waals surface area contributed by atoms with Crippen molar-refractivity contribution in [2.45, 2.75) is 44.6 Å². The van der Waals surface area contributed by atoms with Crippen LogP contribution in [0.3, 0.4) is 0 Å². The Hall–Kier alpha value is -5.07. The lowest BCUT2D eigenvalue weighted by molar-refractivity contribution is -0.139. The standard InChI is InChI=1S/C42H41BrClN5O7/c43-37-18-29(23-48-24-30(51)19-39(52)53)41(55-25-27-17-26(20-45)21-47-22-27)49-42(37)56-38-12-11-34-33(4-2-5-35(34)38)36-6-1-3-32(40(36)44)28-7-9-31(10-8-28)54-16-14-46-13-15-50/h1-10,17-18,21-22,30,38,46,48,50-51H,11-16,19,23-25H2,(H,52,53)/t30-,38-/m0/s1. The van der Waals surface area contributed by atoms with Gasteiger partial charge in [0.1, 0.15) is 31.1 Å². The van der Waals surface area contributed by atoms with E-state index < -0.39 is 12.1 Å². The van der Waals surface area contributed by atoms with Gasteiger partial charge in [0.15, 0.2) is 0 Å². The summed E-state index contributed by atoms with van der Waals surface area (Å²) in [5.74, 6) is 0.264. The first-order valence-corrected chi connectivity index (χ1v) is 19.3. The SMILES string of the molecule is N#Cc1cncc(COc2nc(O[C@H]3CCc4c(-c5cccc(-c6ccc(OCCNCCO)cc6)c5Cl)cccc43)c(Br)cc2CNC[C@@H](O)CC(=O)O)c1. The van der Waals surface area contributed by atoms with Gasteiger partial charge in [-0.05, 0) is 75.3 Å². The summed E-state index contributed by atoms with van der Waals surface area (Å²) < 4.78 is 19.2. The van der Waals surface area contributed by atoms with E-state index in [0.29, 0.717) is 58.2 Å². The number of benzene rings is 3. The molecule has 2 heterocycles. The Morgan fingerprint density at radius 1 is 1.00 bits per heavy atom. The second kappa shape index (κ2) is 19.7. The molecule has 1 aliphatic rings. The van der Waals surface area contributed by atoms with Gasteiger partial charge in [-0.3, -0.25) is 9.78 Å². The molecule has 0 unspecified atom stereocenters. The fourth-order valence-electron chi connectivity index (χ4n) is 6.52. The van der Waals surface area contributed by atoms with Crippen LogP contribution in [0.4, 0.5) is 0 Å². The molecule has 0 aliphatic heterocycles. The van der Waals surface area contributed by atoms with Crippen molar-refractivity contribution in [3.05, 3.63) is 123 Å². The lowest BCUT2D eigenvalue weighted by Crippen LogP contribution is -2.28. The van der Waals surface area contributed by atoms with E-state index in [9.17, 15) is 15.2 Å². The van der Waals surface area contributed by atoms with Crippen LogP contribution in [0.25, 0.3) is 22.3 Å². The molecule has 0 bridgehead atoms. The summed E-state index contributed by atoms with van der Waals surface area (Å²) in [6.45, 7) is 2.11. The average molecular weight is 843 g/mol. The fraction of sp³-hybridized carbons (Fsp3) is 0.286. The van der Waals surface area contributed by atoms with Crippen LogP contribution >= 0.6 is 27.5 Å². The third kappa shape index (κ3) is 10.4. The van der Waals surface area contributed by atoms with Crippen LogP contribution in [0.15, 0.2) is 89.7 Å². The quantitative estimate of drug-likeness (QED) is 0.0562. The zero-order valence-corrected chi connectivity index (χ0v) is 32.7. The number of rotatable bonds is 19. The maximum atomic E-state index is 11.0. The highest BCUT2D eigenvalue weighted by atomic mass is 79.9. The van der Waals surface area contributed by atoms with Crippen LogP contribution in [0.1, 0.15) is 46.8 Å². The fourth-order valence-corrected chi connectivity index (χ4v) is 7.31. The molecule has 2 atom stereocenters. The van der Waals surface area contributed by atoms with Gasteiger partial charge in [-0.2, -0.15) is 10.2 Å². The minimum Gasteiger partial charge on any atom is -0.492 e. The zero-order chi connectivity index (χ0) is 39.4. The largest absolute Gasteiger partial charge is 0.492 e. The zero-order valence-electron chi connectivity index (χ0n) is 30.4. The van der Waals surface area contributed by atoms with Crippen molar-refractivity contribution in [2.24, 2.45) is 0 Å². The molecule has 3 aromatic carbocycles. The number of carboxylic acid groups (broad SMARTS) is 1. The van der Waals surface area contributed by atoms with Gasteiger partial charge in [-0.25, -0.2) is 0 Å². The van der Waals surface area contributed by atoms with Crippen LogP contribution in [0.5, 0.6) is 17.5 Å². The van der Waals surface area contributed by atoms with E-state index in [4.69, 9.17) is 41.0 Å². The maximum absolute atomic E-state index is 11.0. The average Bonchev–Trinajstić information content (AvgIpc) is 3.61. The van der Waals surface area contributed by atoms with E-state index >= 15 is 0 Å². The number of pyridine rings is 2. The number of aliphatic hydroxyl groups excluding tert-OH is 2. The van der Waals surface area contributed by atoms with Crippen molar-refractivity contribution in [1.29, 1.82) is 5.26 Å². The van der Waals surface area contributed by atoms with Gasteiger partial charge in [0, 0.05) is 60.8 Å². The highest BCUT2D eigenvalue weighted by molar-refractivity contribution is 9.10. The molecule has 0 spiro atoms. The molecule has 0 radical (unpaired) electrons. The van der Waals surface area contributed by atoms with Gasteiger partial charge in [0.25, 0.3) is 0 Å². The number of fused-ring (bicyclic) bond motifs is 1. The second-order valence-corrected chi connectivity index (χ2v) is 14.4. The second-order valence-electron chi connectivity index (χ2n) is 13.1. The number of nitrogens with one attached hydrogen (secondary N) is 2. The highest BCUT2D eigenvalue weighted by Crippen LogP contribution is 2.45. The molecule has 6 rings (SSSR count). The maximum Gasteiger partial charge on any atom is 0.306 e. The van der Waals surface area contributed by atoms with Crippen LogP contribution in [0.2, 0.25) is 5.02 Å². The number of nitriles is 1. The summed E-state index contributed by atoms with van der Waals surface area (Å²) in [5.41, 5.74) is 7.74. The Kier molecular flexibility index (Phi) is 14.3. The summed E-state index contributed by atoms with van der Waals surface area (Å²) >= 11 is 10.8. The number of hydrogen-bond acceptors (Lipinski definition) is 11. The molecule has 12 nitrogen and oxygen atoms in total. The summed E-state index contributed by atoms with van der Waals surface area (Å²) in [6.07, 6.45) is 2.80. The molecule has 0 saturated heterocycles. The number of carboxylic acids is 1. The van der Waals surface area contributed by atoms with Crippen molar-refractivity contribution in [1.82, 2.24) is 20.6 Å². The van der Waals surface area contributed by atoms with Crippen LogP contribution in [-0.4, -0.2) is 70.2 Å². The summed E-state index contributed by atoms with van der Waals surface area (Å²) in [4.78, 5) is 19.9. The van der Waals surface area contributed by atoms with Gasteiger partial charge >= 0.3 is 5.97 Å². The summed E-state index contributed by atoms with van der Waals surface area (Å²) in [7, 11) is 0. The first kappa shape index (κ1) is 40.6. The third-order valence-corrected chi connectivity index (χ3v) is 10.1. The topological polar surface area (TPSA) is 179 Å². The first-order chi connectivity index (χ1) is 27.2. The van der Waals surface area contributed by atoms with E-state index in [1.54, 1.807) is 12.3 Å². The van der Waals surface area contributed by atoms with Crippen molar-refractivity contribution in [3.63, 3.8) is 0 Å². The predicted molar refractivity (Wildman–Crippen MR) is 215 cm³/mol. The van der Waals surface area contributed by atoms with Crippen LogP contribution in [-0.2, 0) is 24.4 Å². The molecule has 290 valence electrons. The molecule has 0 saturated carbocycles. The normalized spacial score (nSPS) is 13.8. The number of carbonyl (C=O) groups is 1. The van der Waals surface area contributed by atoms with Crippen LogP contribution < -0.4 is 24.8 Å². The molecule has 2 aromatic heterocycles. The van der Waals surface area contributed by atoms with Crippen molar-refractivity contribution >= 4 is 33.5 Å². The molecule has 5 N–H and O–H groups in total. The predicted octanol–water partition coefficient (Wildman–Crippen LogP) is 6.63. The van der Waals surface area contributed by atoms with E-state index in [0.717, 1.165) is 45.6 Å². The lowest BCUT2D eigenvalue weighted by atomic mass is 9.94. The Morgan fingerprint density at radius 2 is 1.79 bits per heavy atom. The van der Waals surface area contributed by atoms with E-state index in [-0.39, 0.29) is 44.7 Å². The Balaban J connectivity index is 1.21. The molecule has 56 heavy (non-hydrogen) atoms. The minimum absolute atomic E-state index is 0.0521. The molecule has 14 heteroatoms. The molecule has 1 aliphatic carbocycles. The minimum atomic E-state index is -1.09. The number of halogens is 2. The van der Waals surface area contributed by atoms with E-state index in [2.05, 4.69) is 49.7 Å². The van der Waals surface area contributed by atoms with Gasteiger partial charge in [0.05, 0.1) is 34.2 Å². The lowest BCUT2D eigenvalue weighted by Gasteiger charge is -2.19. The molecule has 0 amide bonds. The van der Waals surface area contributed by atoms with Crippen LogP contribution in [0, 0.1) is 11.3 Å². The van der Waals surface area contributed by atoms with Crippen molar-refractivity contribution in [2.75, 3.05) is 32.8 Å². The Morgan fingerprint density at radius 3 is 2.57 bits per heavy atom. The smallest absolute Gasteiger partial charge is 0.306 e. The van der Waals surface area contributed by atoms with E-state index in [1.807, 2.05) is 54.6 Å². The number of aliphatic carboxylic acids is 1. The summed E-state index contributed by atoms with van der Waals surface area (Å²) in [5, 5.41) is 44.1. The van der Waals surface area contributed by atoms with Crippen molar-refractivity contribution in [3.8, 4) is 45.8 Å². The number of nitrogens with zero attached hydrogens (tertiary/aromatic N) is 3. The van der Waals surface area contributed by atoms with Gasteiger partial charge < -0.3 is 40.2 Å². The first-order valence-electron chi connectivity index (χ1n) is 18.1. The molecular formula is C42H41BrClN5O7. The van der Waals surface area contributed by atoms with Gasteiger partial charge in [0.2, 0.25) is 11.8 Å². The van der Waals surface area contributed by atoms with Gasteiger partial charge in [-0.1, -0.05) is 60.1 Å². The van der Waals surface area contributed by atoms with Crippen molar-refractivity contribution < 1.29 is 34.3 Å². The Bertz CT molecular complexity index is 2180. The Labute approximate surface area is 338 Å². The monoisotopic (exact) mass is 841 g/mol. The van der Waals surface area contributed by atoms with E-state index in [1.165, 1.54) is 6.20 Å². The third-order valence-electron chi connectivity index (χ3n) is 9.15.